The van der Waals surface area contributed by atoms with Gasteiger partial charge in [-0.15, -0.1) is 0 Å². The third kappa shape index (κ3) is 3.62. The summed E-state index contributed by atoms with van der Waals surface area (Å²) in [4.78, 5) is 26.3. The van der Waals surface area contributed by atoms with Crippen LogP contribution >= 0.6 is 0 Å². The van der Waals surface area contributed by atoms with E-state index >= 15 is 0 Å². The summed E-state index contributed by atoms with van der Waals surface area (Å²) in [6, 6.07) is 21.4. The molecule has 0 spiro atoms. The Kier molecular flexibility index (Phi) is 4.75. The molecule has 2 amide bonds. The zero-order valence-corrected chi connectivity index (χ0v) is 14.9. The van der Waals surface area contributed by atoms with Crippen LogP contribution in [0.2, 0.25) is 0 Å². The van der Waals surface area contributed by atoms with Crippen molar-refractivity contribution >= 4 is 39.6 Å². The normalized spacial score (nSPS) is 13.8. The molecule has 0 unspecified atom stereocenters. The molecule has 1 heterocycles. The number of carbonyl (C=O) groups is 2. The number of carbonyl (C=O) groups excluding carboxylic acids is 2. The molecule has 0 radical (unpaired) electrons. The summed E-state index contributed by atoms with van der Waals surface area (Å²) in [5.74, 6) is -0.00152. The van der Waals surface area contributed by atoms with Crippen molar-refractivity contribution < 1.29 is 9.59 Å². The van der Waals surface area contributed by atoms with E-state index in [1.165, 1.54) is 0 Å². The highest BCUT2D eigenvalue weighted by Crippen LogP contribution is 2.29. The zero-order chi connectivity index (χ0) is 18.6. The van der Waals surface area contributed by atoms with Crippen molar-refractivity contribution in [2.75, 3.05) is 28.6 Å². The van der Waals surface area contributed by atoms with E-state index in [-0.39, 0.29) is 18.4 Å². The van der Waals surface area contributed by atoms with E-state index in [1.807, 2.05) is 66.7 Å². The molecular formula is C22H21N3O2. The highest BCUT2D eigenvalue weighted by molar-refractivity contribution is 6.04. The van der Waals surface area contributed by atoms with Crippen molar-refractivity contribution in [2.45, 2.75) is 12.8 Å². The van der Waals surface area contributed by atoms with Gasteiger partial charge < -0.3 is 15.5 Å². The molecule has 3 aromatic rings. The Balaban J connectivity index is 1.46. The molecule has 1 aliphatic heterocycles. The molecule has 0 bridgehead atoms. The SMILES string of the molecule is O=C(CNc1ccccc1N1CCCC1=O)Nc1cccc2ccccc12. The number of anilines is 3. The van der Waals surface area contributed by atoms with Gasteiger partial charge in [-0.1, -0.05) is 48.5 Å². The molecule has 0 aromatic heterocycles. The van der Waals surface area contributed by atoms with Gasteiger partial charge in [-0.2, -0.15) is 0 Å². The van der Waals surface area contributed by atoms with E-state index in [0.717, 1.165) is 40.8 Å². The van der Waals surface area contributed by atoms with E-state index in [2.05, 4.69) is 10.6 Å². The number of hydrogen-bond acceptors (Lipinski definition) is 3. The van der Waals surface area contributed by atoms with Crippen LogP contribution in [0.1, 0.15) is 12.8 Å². The highest BCUT2D eigenvalue weighted by Gasteiger charge is 2.23. The maximum Gasteiger partial charge on any atom is 0.243 e. The first-order chi connectivity index (χ1) is 13.2. The van der Waals surface area contributed by atoms with Crippen molar-refractivity contribution in [3.63, 3.8) is 0 Å². The number of benzene rings is 3. The lowest BCUT2D eigenvalue weighted by atomic mass is 10.1. The predicted molar refractivity (Wildman–Crippen MR) is 109 cm³/mol. The first-order valence-electron chi connectivity index (χ1n) is 9.13. The fourth-order valence-electron chi connectivity index (χ4n) is 3.47. The second-order valence-electron chi connectivity index (χ2n) is 6.59. The summed E-state index contributed by atoms with van der Waals surface area (Å²) in [5.41, 5.74) is 2.42. The minimum absolute atomic E-state index is 0.127. The van der Waals surface area contributed by atoms with Crippen LogP contribution in [0.4, 0.5) is 17.1 Å². The summed E-state index contributed by atoms with van der Waals surface area (Å²) >= 11 is 0. The number of nitrogens with zero attached hydrogens (tertiary/aromatic N) is 1. The average Bonchev–Trinajstić information content (AvgIpc) is 3.13. The van der Waals surface area contributed by atoms with Gasteiger partial charge in [0.15, 0.2) is 0 Å². The van der Waals surface area contributed by atoms with Gasteiger partial charge in [-0.3, -0.25) is 9.59 Å². The molecule has 1 fully saturated rings. The van der Waals surface area contributed by atoms with Gasteiger partial charge in [-0.05, 0) is 30.0 Å². The number of para-hydroxylation sites is 2. The van der Waals surface area contributed by atoms with Gasteiger partial charge in [0.25, 0.3) is 0 Å². The molecule has 1 saturated heterocycles. The predicted octanol–water partition coefficient (Wildman–Crippen LogP) is 4.02. The van der Waals surface area contributed by atoms with Crippen molar-refractivity contribution in [1.82, 2.24) is 0 Å². The molecule has 136 valence electrons. The fraction of sp³-hybridized carbons (Fsp3) is 0.182. The molecule has 2 N–H and O–H groups in total. The van der Waals surface area contributed by atoms with Crippen molar-refractivity contribution in [3.8, 4) is 0 Å². The molecule has 0 saturated carbocycles. The standard InChI is InChI=1S/C22H21N3O2/c26-21(24-18-11-5-8-16-7-1-2-9-17(16)18)15-23-19-10-3-4-12-20(19)25-14-6-13-22(25)27/h1-5,7-12,23H,6,13-15H2,(H,24,26). The van der Waals surface area contributed by atoms with Crippen LogP contribution in [0.3, 0.4) is 0 Å². The van der Waals surface area contributed by atoms with Crippen LogP contribution in [-0.2, 0) is 9.59 Å². The minimum atomic E-state index is -0.131. The summed E-state index contributed by atoms with van der Waals surface area (Å²) in [5, 5.41) is 8.24. The van der Waals surface area contributed by atoms with Gasteiger partial charge in [0.1, 0.15) is 0 Å². The number of hydrogen-bond donors (Lipinski definition) is 2. The Hall–Kier alpha value is -3.34. The second kappa shape index (κ2) is 7.50. The molecule has 5 heteroatoms. The van der Waals surface area contributed by atoms with Crippen LogP contribution in [0.25, 0.3) is 10.8 Å². The van der Waals surface area contributed by atoms with Crippen LogP contribution in [0, 0.1) is 0 Å². The van der Waals surface area contributed by atoms with Crippen molar-refractivity contribution in [1.29, 1.82) is 0 Å². The summed E-state index contributed by atoms with van der Waals surface area (Å²) in [6.45, 7) is 0.849. The maximum atomic E-state index is 12.5. The van der Waals surface area contributed by atoms with Crippen molar-refractivity contribution in [2.24, 2.45) is 0 Å². The van der Waals surface area contributed by atoms with E-state index in [1.54, 1.807) is 4.90 Å². The lowest BCUT2D eigenvalue weighted by Gasteiger charge is -2.20. The Morgan fingerprint density at radius 3 is 2.52 bits per heavy atom. The zero-order valence-electron chi connectivity index (χ0n) is 14.9. The summed E-state index contributed by atoms with van der Waals surface area (Å²) < 4.78 is 0. The van der Waals surface area contributed by atoms with Gasteiger partial charge in [0.05, 0.1) is 17.9 Å². The largest absolute Gasteiger partial charge is 0.374 e. The quantitative estimate of drug-likeness (QED) is 0.723. The van der Waals surface area contributed by atoms with Crippen LogP contribution < -0.4 is 15.5 Å². The molecule has 0 atom stereocenters. The first-order valence-corrected chi connectivity index (χ1v) is 9.13. The van der Waals surface area contributed by atoms with Crippen LogP contribution in [0.5, 0.6) is 0 Å². The van der Waals surface area contributed by atoms with E-state index in [0.29, 0.717) is 6.42 Å². The smallest absolute Gasteiger partial charge is 0.243 e. The molecular weight excluding hydrogens is 338 g/mol. The molecule has 27 heavy (non-hydrogen) atoms. The molecule has 0 aliphatic carbocycles. The van der Waals surface area contributed by atoms with Gasteiger partial charge >= 0.3 is 0 Å². The number of nitrogens with one attached hydrogen (secondary N) is 2. The lowest BCUT2D eigenvalue weighted by Crippen LogP contribution is -2.26. The maximum absolute atomic E-state index is 12.5. The van der Waals surface area contributed by atoms with E-state index < -0.39 is 0 Å². The average molecular weight is 359 g/mol. The molecule has 3 aromatic carbocycles. The van der Waals surface area contributed by atoms with Gasteiger partial charge in [0, 0.05) is 24.0 Å². The minimum Gasteiger partial charge on any atom is -0.374 e. The van der Waals surface area contributed by atoms with Crippen LogP contribution in [-0.4, -0.2) is 24.9 Å². The van der Waals surface area contributed by atoms with Gasteiger partial charge in [0.2, 0.25) is 11.8 Å². The summed E-state index contributed by atoms with van der Waals surface area (Å²) in [6.07, 6.45) is 1.45. The first kappa shape index (κ1) is 17.1. The Morgan fingerprint density at radius 2 is 1.67 bits per heavy atom. The Bertz CT molecular complexity index is 994. The Labute approximate surface area is 158 Å². The number of fused-ring (bicyclic) bond motifs is 1. The molecule has 1 aliphatic rings. The fourth-order valence-corrected chi connectivity index (χ4v) is 3.47. The van der Waals surface area contributed by atoms with E-state index in [4.69, 9.17) is 0 Å². The van der Waals surface area contributed by atoms with Crippen molar-refractivity contribution in [3.05, 3.63) is 66.7 Å². The molecule has 5 nitrogen and oxygen atoms in total. The van der Waals surface area contributed by atoms with E-state index in [9.17, 15) is 9.59 Å². The second-order valence-corrected chi connectivity index (χ2v) is 6.59. The third-order valence-electron chi connectivity index (χ3n) is 4.77. The number of amides is 2. The van der Waals surface area contributed by atoms with Crippen LogP contribution in [0.15, 0.2) is 66.7 Å². The Morgan fingerprint density at radius 1 is 0.926 bits per heavy atom. The third-order valence-corrected chi connectivity index (χ3v) is 4.77. The lowest BCUT2D eigenvalue weighted by molar-refractivity contribution is -0.117. The summed E-state index contributed by atoms with van der Waals surface area (Å²) in [7, 11) is 0. The monoisotopic (exact) mass is 359 g/mol. The highest BCUT2D eigenvalue weighted by atomic mass is 16.2. The van der Waals surface area contributed by atoms with Gasteiger partial charge in [-0.25, -0.2) is 0 Å². The topological polar surface area (TPSA) is 61.4 Å². The number of rotatable bonds is 5. The molecule has 4 rings (SSSR count).